The van der Waals surface area contributed by atoms with Gasteiger partial charge < -0.3 is 24.6 Å². The first-order chi connectivity index (χ1) is 21.4. The van der Waals surface area contributed by atoms with Crippen LogP contribution in [0.5, 0.6) is 23.0 Å². The fourth-order valence-corrected chi connectivity index (χ4v) is 5.73. The molecule has 2 fully saturated rings. The van der Waals surface area contributed by atoms with E-state index >= 15 is 0 Å². The maximum absolute atomic E-state index is 13.5. The highest BCUT2D eigenvalue weighted by Crippen LogP contribution is 2.33. The Morgan fingerprint density at radius 2 is 1.30 bits per heavy atom. The van der Waals surface area contributed by atoms with Crippen LogP contribution in [0.4, 0.5) is 14.9 Å². The van der Waals surface area contributed by atoms with E-state index in [2.05, 4.69) is 24.1 Å². The zero-order valence-corrected chi connectivity index (χ0v) is 25.8. The number of urea groups is 1. The number of hydrogen-bond donors (Lipinski definition) is 1. The van der Waals surface area contributed by atoms with Crippen LogP contribution in [-0.4, -0.2) is 72.5 Å². The van der Waals surface area contributed by atoms with Crippen molar-refractivity contribution in [2.45, 2.75) is 46.0 Å². The fourth-order valence-electron chi connectivity index (χ4n) is 5.73. The predicted molar refractivity (Wildman–Crippen MR) is 170 cm³/mol. The molecule has 0 unspecified atom stereocenters. The molecule has 2 heterocycles. The fraction of sp³-hybridized carbons (Fsp3) is 0.429. The molecule has 5 rings (SSSR count). The second-order valence-electron chi connectivity index (χ2n) is 11.6. The van der Waals surface area contributed by atoms with Crippen LogP contribution in [0.3, 0.4) is 0 Å². The monoisotopic (exact) mass is 602 g/mol. The Bertz CT molecular complexity index is 1380. The van der Waals surface area contributed by atoms with Gasteiger partial charge in [-0.2, -0.15) is 0 Å². The second kappa shape index (κ2) is 15.1. The van der Waals surface area contributed by atoms with Gasteiger partial charge in [-0.05, 0) is 73.7 Å². The van der Waals surface area contributed by atoms with Gasteiger partial charge in [0.05, 0.1) is 0 Å². The molecule has 3 amide bonds. The molecule has 9 heteroatoms. The molecular weight excluding hydrogens is 559 g/mol. The summed E-state index contributed by atoms with van der Waals surface area (Å²) >= 11 is 0. The van der Waals surface area contributed by atoms with E-state index in [1.54, 1.807) is 54.6 Å². The van der Waals surface area contributed by atoms with Gasteiger partial charge in [0, 0.05) is 75.3 Å². The summed E-state index contributed by atoms with van der Waals surface area (Å²) in [5, 5.41) is 3.01. The number of benzene rings is 3. The third kappa shape index (κ3) is 8.50. The Morgan fingerprint density at radius 3 is 1.86 bits per heavy atom. The number of ether oxygens (including phenoxy) is 2. The Labute approximate surface area is 259 Å². The average Bonchev–Trinajstić information content (AvgIpc) is 3.05. The number of carbonyl (C=O) groups excluding carboxylic acids is 2. The second-order valence-corrected chi connectivity index (χ2v) is 11.6. The third-order valence-electron chi connectivity index (χ3n) is 8.49. The number of nitrogens with one attached hydrogen (secondary N) is 1. The van der Waals surface area contributed by atoms with Crippen LogP contribution < -0.4 is 14.8 Å². The van der Waals surface area contributed by atoms with Crippen molar-refractivity contribution in [3.63, 3.8) is 0 Å². The minimum atomic E-state index is -0.357. The third-order valence-corrected chi connectivity index (χ3v) is 8.49. The summed E-state index contributed by atoms with van der Waals surface area (Å²) in [4.78, 5) is 32.3. The molecule has 0 aliphatic carbocycles. The van der Waals surface area contributed by atoms with Crippen molar-refractivity contribution >= 4 is 17.6 Å². The summed E-state index contributed by atoms with van der Waals surface area (Å²) in [6.45, 7) is 10.1. The van der Waals surface area contributed by atoms with E-state index in [4.69, 9.17) is 9.47 Å². The molecule has 0 atom stereocenters. The lowest BCUT2D eigenvalue weighted by Gasteiger charge is -2.36. The molecule has 234 valence electrons. The van der Waals surface area contributed by atoms with Gasteiger partial charge in [-0.3, -0.25) is 9.69 Å². The van der Waals surface area contributed by atoms with Crippen LogP contribution in [0.15, 0.2) is 66.7 Å². The SMILES string of the molecule is CCC(CC)CN1CCN(C(=O)Nc2cc(Oc3ccc(F)cc3)cc(Oc3ccc(C(=O)N4CCCCC4)cc3)c2)CC1. The van der Waals surface area contributed by atoms with Crippen molar-refractivity contribution < 1.29 is 23.5 Å². The number of nitrogens with zero attached hydrogens (tertiary/aromatic N) is 3. The molecule has 0 spiro atoms. The van der Waals surface area contributed by atoms with Crippen molar-refractivity contribution in [2.75, 3.05) is 51.1 Å². The number of halogens is 1. The summed E-state index contributed by atoms with van der Waals surface area (Å²) in [5.41, 5.74) is 1.14. The van der Waals surface area contributed by atoms with Gasteiger partial charge in [0.15, 0.2) is 0 Å². The van der Waals surface area contributed by atoms with Gasteiger partial charge in [-0.25, -0.2) is 9.18 Å². The molecule has 3 aromatic carbocycles. The van der Waals surface area contributed by atoms with Gasteiger partial charge in [-0.1, -0.05) is 26.7 Å². The van der Waals surface area contributed by atoms with E-state index in [9.17, 15) is 14.0 Å². The number of carbonyl (C=O) groups is 2. The van der Waals surface area contributed by atoms with Crippen molar-refractivity contribution in [3.05, 3.63) is 78.1 Å². The topological polar surface area (TPSA) is 74.4 Å². The predicted octanol–water partition coefficient (Wildman–Crippen LogP) is 7.62. The summed E-state index contributed by atoms with van der Waals surface area (Å²) in [7, 11) is 0. The number of piperazine rings is 1. The molecule has 0 saturated carbocycles. The Kier molecular flexibility index (Phi) is 10.7. The van der Waals surface area contributed by atoms with Crippen LogP contribution in [0.1, 0.15) is 56.3 Å². The lowest BCUT2D eigenvalue weighted by Crippen LogP contribution is -2.50. The van der Waals surface area contributed by atoms with Gasteiger partial charge in [-0.15, -0.1) is 0 Å². The lowest BCUT2D eigenvalue weighted by molar-refractivity contribution is 0.0724. The lowest BCUT2D eigenvalue weighted by atomic mass is 10.0. The Balaban J connectivity index is 1.28. The number of rotatable bonds is 10. The van der Waals surface area contributed by atoms with E-state index in [0.29, 0.717) is 53.3 Å². The van der Waals surface area contributed by atoms with Crippen LogP contribution in [0.2, 0.25) is 0 Å². The van der Waals surface area contributed by atoms with Gasteiger partial charge in [0.25, 0.3) is 5.91 Å². The minimum Gasteiger partial charge on any atom is -0.457 e. The van der Waals surface area contributed by atoms with E-state index in [1.807, 2.05) is 9.80 Å². The van der Waals surface area contributed by atoms with Crippen LogP contribution in [0, 0.1) is 11.7 Å². The average molecular weight is 603 g/mol. The number of piperidine rings is 1. The van der Waals surface area contributed by atoms with Crippen LogP contribution in [0.25, 0.3) is 0 Å². The number of likely N-dealkylation sites (tertiary alicyclic amines) is 1. The molecule has 8 nitrogen and oxygen atoms in total. The molecule has 2 saturated heterocycles. The highest BCUT2D eigenvalue weighted by atomic mass is 19.1. The molecule has 0 aromatic heterocycles. The van der Waals surface area contributed by atoms with Crippen molar-refractivity contribution in [3.8, 4) is 23.0 Å². The molecule has 2 aliphatic heterocycles. The van der Waals surface area contributed by atoms with Gasteiger partial charge in [0.2, 0.25) is 0 Å². The Morgan fingerprint density at radius 1 is 0.727 bits per heavy atom. The molecule has 1 N–H and O–H groups in total. The summed E-state index contributed by atoms with van der Waals surface area (Å²) in [5.74, 6) is 2.24. The first-order valence-corrected chi connectivity index (χ1v) is 15.8. The van der Waals surface area contributed by atoms with E-state index < -0.39 is 0 Å². The van der Waals surface area contributed by atoms with E-state index in [0.717, 1.165) is 52.0 Å². The molecule has 0 radical (unpaired) electrons. The highest BCUT2D eigenvalue weighted by Gasteiger charge is 2.23. The standard InChI is InChI=1S/C35H43FN4O4/c1-3-26(4-2)25-38-18-20-40(21-19-38)35(42)37-29-22-32(24-33(23-29)44-31-14-10-28(36)11-15-31)43-30-12-8-27(9-13-30)34(41)39-16-6-5-7-17-39/h8-15,22-24,26H,3-7,16-21,25H2,1-2H3,(H,37,42). The van der Waals surface area contributed by atoms with Crippen LogP contribution >= 0.6 is 0 Å². The largest absolute Gasteiger partial charge is 0.457 e. The summed E-state index contributed by atoms with van der Waals surface area (Å²) < 4.78 is 25.6. The number of anilines is 1. The number of hydrogen-bond acceptors (Lipinski definition) is 5. The minimum absolute atomic E-state index is 0.0346. The van der Waals surface area contributed by atoms with Gasteiger partial charge >= 0.3 is 6.03 Å². The van der Waals surface area contributed by atoms with Crippen molar-refractivity contribution in [1.82, 2.24) is 14.7 Å². The number of amides is 3. The quantitative estimate of drug-likeness (QED) is 0.258. The summed E-state index contributed by atoms with van der Waals surface area (Å²) in [6, 6.07) is 17.8. The highest BCUT2D eigenvalue weighted by molar-refractivity contribution is 5.94. The van der Waals surface area contributed by atoms with Crippen LogP contribution in [-0.2, 0) is 0 Å². The molecule has 44 heavy (non-hydrogen) atoms. The smallest absolute Gasteiger partial charge is 0.321 e. The first-order valence-electron chi connectivity index (χ1n) is 15.8. The molecule has 3 aromatic rings. The van der Waals surface area contributed by atoms with Crippen molar-refractivity contribution in [1.29, 1.82) is 0 Å². The molecular formula is C35H43FN4O4. The summed E-state index contributed by atoms with van der Waals surface area (Å²) in [6.07, 6.45) is 5.57. The normalized spacial score (nSPS) is 15.7. The van der Waals surface area contributed by atoms with E-state index in [1.165, 1.54) is 25.0 Å². The van der Waals surface area contributed by atoms with Gasteiger partial charge in [0.1, 0.15) is 28.8 Å². The zero-order valence-electron chi connectivity index (χ0n) is 25.8. The van der Waals surface area contributed by atoms with Crippen molar-refractivity contribution in [2.24, 2.45) is 5.92 Å². The maximum atomic E-state index is 13.5. The molecule has 2 aliphatic rings. The molecule has 0 bridgehead atoms. The first kappa shape index (κ1) is 31.3. The zero-order chi connectivity index (χ0) is 30.9. The van der Waals surface area contributed by atoms with E-state index in [-0.39, 0.29) is 17.8 Å². The maximum Gasteiger partial charge on any atom is 0.321 e. The Hall–Kier alpha value is -4.11.